The smallest absolute Gasteiger partial charge is 0.246 e. The first kappa shape index (κ1) is 19.8. The molecule has 1 aliphatic rings. The van der Waals surface area contributed by atoms with Gasteiger partial charge in [0.05, 0.1) is 18.1 Å². The summed E-state index contributed by atoms with van der Waals surface area (Å²) >= 11 is 0. The van der Waals surface area contributed by atoms with Crippen molar-refractivity contribution in [2.45, 2.75) is 30.7 Å². The fourth-order valence-corrected chi connectivity index (χ4v) is 4.15. The van der Waals surface area contributed by atoms with E-state index in [0.717, 1.165) is 5.56 Å². The Kier molecular flexibility index (Phi) is 7.37. The van der Waals surface area contributed by atoms with Crippen molar-refractivity contribution in [1.29, 1.82) is 0 Å². The van der Waals surface area contributed by atoms with Gasteiger partial charge in [-0.1, -0.05) is 17.7 Å². The lowest BCUT2D eigenvalue weighted by Crippen LogP contribution is -2.47. The molecule has 0 radical (unpaired) electrons. The summed E-state index contributed by atoms with van der Waals surface area (Å²) in [4.78, 5) is 12.1. The van der Waals surface area contributed by atoms with Gasteiger partial charge in [0.25, 0.3) is 0 Å². The van der Waals surface area contributed by atoms with Crippen molar-refractivity contribution in [3.05, 3.63) is 29.8 Å². The second kappa shape index (κ2) is 9.28. The molecule has 1 heterocycles. The Hall–Kier alpha value is -1.48. The number of rotatable bonds is 8. The molecule has 1 aromatic rings. The van der Waals surface area contributed by atoms with Crippen LogP contribution in [-0.4, -0.2) is 64.7 Å². The number of amides is 1. The van der Waals surface area contributed by atoms with Crippen LogP contribution in [0, 0.1) is 6.92 Å². The Morgan fingerprint density at radius 2 is 1.84 bits per heavy atom. The Labute approximate surface area is 149 Å². The molecular formula is C17H26N2O5S. The van der Waals surface area contributed by atoms with Crippen LogP contribution in [0.25, 0.3) is 0 Å². The number of ether oxygens (including phenoxy) is 2. The maximum atomic E-state index is 12.6. The van der Waals surface area contributed by atoms with E-state index >= 15 is 0 Å². The fourth-order valence-electron chi connectivity index (χ4n) is 2.68. The molecule has 25 heavy (non-hydrogen) atoms. The van der Waals surface area contributed by atoms with Gasteiger partial charge >= 0.3 is 0 Å². The van der Waals surface area contributed by atoms with Crippen LogP contribution in [0.5, 0.6) is 0 Å². The Morgan fingerprint density at radius 1 is 1.20 bits per heavy atom. The summed E-state index contributed by atoms with van der Waals surface area (Å²) in [6, 6.07) is 6.83. The molecule has 1 N–H and O–H groups in total. The van der Waals surface area contributed by atoms with Crippen molar-refractivity contribution in [3.8, 4) is 0 Å². The molecular weight excluding hydrogens is 344 g/mol. The molecule has 140 valence electrons. The summed E-state index contributed by atoms with van der Waals surface area (Å²) in [5, 5.41) is 2.89. The van der Waals surface area contributed by atoms with Crippen LogP contribution in [0.4, 0.5) is 0 Å². The molecule has 0 saturated carbocycles. The van der Waals surface area contributed by atoms with Gasteiger partial charge in [-0.05, 0) is 31.9 Å². The van der Waals surface area contributed by atoms with E-state index in [1.807, 2.05) is 6.92 Å². The highest BCUT2D eigenvalue weighted by Crippen LogP contribution is 2.21. The average Bonchev–Trinajstić information content (AvgIpc) is 2.60. The Morgan fingerprint density at radius 3 is 2.44 bits per heavy atom. The average molecular weight is 370 g/mol. The molecule has 1 amide bonds. The minimum absolute atomic E-state index is 0.00869. The molecule has 2 rings (SSSR count). The van der Waals surface area contributed by atoms with Gasteiger partial charge in [0.1, 0.15) is 6.61 Å². The quantitative estimate of drug-likeness (QED) is 0.688. The molecule has 0 aromatic heterocycles. The van der Waals surface area contributed by atoms with E-state index in [4.69, 9.17) is 9.47 Å². The third kappa shape index (κ3) is 5.78. The van der Waals surface area contributed by atoms with Gasteiger partial charge < -0.3 is 14.8 Å². The molecule has 0 spiro atoms. The van der Waals surface area contributed by atoms with Crippen molar-refractivity contribution < 1.29 is 22.7 Å². The van der Waals surface area contributed by atoms with Gasteiger partial charge in [0.2, 0.25) is 15.9 Å². The first-order valence-corrected chi connectivity index (χ1v) is 9.80. The molecule has 0 bridgehead atoms. The van der Waals surface area contributed by atoms with Gasteiger partial charge in [0, 0.05) is 26.2 Å². The maximum Gasteiger partial charge on any atom is 0.246 e. The van der Waals surface area contributed by atoms with Crippen molar-refractivity contribution in [3.63, 3.8) is 0 Å². The summed E-state index contributed by atoms with van der Waals surface area (Å²) < 4.78 is 36.8. The summed E-state index contributed by atoms with van der Waals surface area (Å²) in [5.41, 5.74) is 1.02. The van der Waals surface area contributed by atoms with Crippen molar-refractivity contribution in [1.82, 2.24) is 9.62 Å². The first-order chi connectivity index (χ1) is 11.9. The molecule has 8 heteroatoms. The van der Waals surface area contributed by atoms with E-state index in [2.05, 4.69) is 5.32 Å². The monoisotopic (exact) mass is 370 g/mol. The van der Waals surface area contributed by atoms with Crippen LogP contribution >= 0.6 is 0 Å². The normalized spacial score (nSPS) is 16.7. The van der Waals surface area contributed by atoms with E-state index in [9.17, 15) is 13.2 Å². The van der Waals surface area contributed by atoms with Crippen LogP contribution in [0.1, 0.15) is 18.4 Å². The lowest BCUT2D eigenvalue weighted by Gasteiger charge is -2.31. The minimum Gasteiger partial charge on any atom is -0.382 e. The summed E-state index contributed by atoms with van der Waals surface area (Å²) in [6.45, 7) is 3.52. The lowest BCUT2D eigenvalue weighted by molar-refractivity contribution is -0.127. The SMILES string of the molecule is COCCOCC(=O)NC1CCN(S(=O)(=O)c2ccc(C)cc2)CC1. The van der Waals surface area contributed by atoms with Crippen LogP contribution < -0.4 is 5.32 Å². The second-order valence-electron chi connectivity index (χ2n) is 6.10. The number of nitrogens with one attached hydrogen (secondary N) is 1. The number of piperidine rings is 1. The van der Waals surface area contributed by atoms with Crippen LogP contribution in [0.2, 0.25) is 0 Å². The van der Waals surface area contributed by atoms with Gasteiger partial charge in [-0.3, -0.25) is 4.79 Å². The molecule has 1 aliphatic heterocycles. The Balaban J connectivity index is 1.81. The second-order valence-corrected chi connectivity index (χ2v) is 8.04. The number of carbonyl (C=O) groups is 1. The lowest BCUT2D eigenvalue weighted by atomic mass is 10.1. The zero-order valence-electron chi connectivity index (χ0n) is 14.7. The van der Waals surface area contributed by atoms with E-state index in [0.29, 0.717) is 44.0 Å². The number of benzene rings is 1. The molecule has 1 saturated heterocycles. The summed E-state index contributed by atoms with van der Waals surface area (Å²) in [5.74, 6) is -0.184. The zero-order valence-corrected chi connectivity index (χ0v) is 15.5. The highest BCUT2D eigenvalue weighted by Gasteiger charge is 2.29. The van der Waals surface area contributed by atoms with E-state index in [-0.39, 0.29) is 18.6 Å². The molecule has 1 aromatic carbocycles. The van der Waals surface area contributed by atoms with E-state index < -0.39 is 10.0 Å². The van der Waals surface area contributed by atoms with E-state index in [1.54, 1.807) is 31.4 Å². The topological polar surface area (TPSA) is 84.9 Å². The maximum absolute atomic E-state index is 12.6. The number of methoxy groups -OCH3 is 1. The largest absolute Gasteiger partial charge is 0.382 e. The summed E-state index contributed by atoms with van der Waals surface area (Å²) in [7, 11) is -1.90. The number of carbonyl (C=O) groups excluding carboxylic acids is 1. The molecule has 1 fully saturated rings. The molecule has 0 atom stereocenters. The highest BCUT2D eigenvalue weighted by molar-refractivity contribution is 7.89. The number of hydrogen-bond acceptors (Lipinski definition) is 5. The Bertz CT molecular complexity index is 652. The van der Waals surface area contributed by atoms with Gasteiger partial charge in [0.15, 0.2) is 0 Å². The van der Waals surface area contributed by atoms with Crippen molar-refractivity contribution in [2.24, 2.45) is 0 Å². The molecule has 7 nitrogen and oxygen atoms in total. The molecule has 0 aliphatic carbocycles. The van der Waals surface area contributed by atoms with Crippen LogP contribution in [0.3, 0.4) is 0 Å². The summed E-state index contributed by atoms with van der Waals surface area (Å²) in [6.07, 6.45) is 1.18. The third-order valence-electron chi connectivity index (χ3n) is 4.14. The van der Waals surface area contributed by atoms with Crippen molar-refractivity contribution >= 4 is 15.9 Å². The predicted octanol–water partition coefficient (Wildman–Crippen LogP) is 0.927. The number of aryl methyl sites for hydroxylation is 1. The predicted molar refractivity (Wildman–Crippen MR) is 93.8 cm³/mol. The van der Waals surface area contributed by atoms with Gasteiger partial charge in [-0.2, -0.15) is 4.31 Å². The van der Waals surface area contributed by atoms with Crippen LogP contribution in [0.15, 0.2) is 29.2 Å². The number of nitrogens with zero attached hydrogens (tertiary/aromatic N) is 1. The van der Waals surface area contributed by atoms with E-state index in [1.165, 1.54) is 4.31 Å². The van der Waals surface area contributed by atoms with Crippen LogP contribution in [-0.2, 0) is 24.3 Å². The minimum atomic E-state index is -3.47. The van der Waals surface area contributed by atoms with Crippen molar-refractivity contribution in [2.75, 3.05) is 40.0 Å². The standard InChI is InChI=1S/C17H26N2O5S/c1-14-3-5-16(6-4-14)25(21,22)19-9-7-15(8-10-19)18-17(20)13-24-12-11-23-2/h3-6,15H,7-13H2,1-2H3,(H,18,20). The first-order valence-electron chi connectivity index (χ1n) is 8.36. The zero-order chi connectivity index (χ0) is 18.3. The van der Waals surface area contributed by atoms with Gasteiger partial charge in [-0.25, -0.2) is 8.42 Å². The number of sulfonamides is 1. The highest BCUT2D eigenvalue weighted by atomic mass is 32.2. The fraction of sp³-hybridized carbons (Fsp3) is 0.588. The van der Waals surface area contributed by atoms with Gasteiger partial charge in [-0.15, -0.1) is 0 Å². The molecule has 0 unspecified atom stereocenters. The third-order valence-corrected chi connectivity index (χ3v) is 6.06. The number of hydrogen-bond donors (Lipinski definition) is 1.